The largest absolute Gasteiger partial charge is 0.374 e. The summed E-state index contributed by atoms with van der Waals surface area (Å²) >= 11 is 3.36. The van der Waals surface area contributed by atoms with Crippen LogP contribution < -0.4 is 10.2 Å². The molecule has 0 radical (unpaired) electrons. The number of rotatable bonds is 6. The van der Waals surface area contributed by atoms with Crippen molar-refractivity contribution >= 4 is 27.3 Å². The topological polar surface area (TPSA) is 58.4 Å². The number of nitro groups is 1. The van der Waals surface area contributed by atoms with Gasteiger partial charge >= 0.3 is 0 Å². The summed E-state index contributed by atoms with van der Waals surface area (Å²) in [6.45, 7) is 1.85. The molecule has 0 fully saturated rings. The first-order valence-corrected chi connectivity index (χ1v) is 6.15. The second-order valence-corrected chi connectivity index (χ2v) is 4.63. The molecule has 1 aromatic rings. The average Bonchev–Trinajstić information content (AvgIpc) is 2.28. The van der Waals surface area contributed by atoms with Gasteiger partial charge in [-0.15, -0.1) is 0 Å². The van der Waals surface area contributed by atoms with Crippen molar-refractivity contribution < 1.29 is 4.92 Å². The fourth-order valence-electron chi connectivity index (χ4n) is 1.53. The van der Waals surface area contributed by atoms with E-state index in [0.717, 1.165) is 29.7 Å². The summed E-state index contributed by atoms with van der Waals surface area (Å²) < 4.78 is 0.749. The molecule has 0 saturated carbocycles. The van der Waals surface area contributed by atoms with Gasteiger partial charge in [0.25, 0.3) is 5.69 Å². The molecule has 0 aliphatic heterocycles. The molecule has 0 bridgehead atoms. The number of nitrogens with zero attached hydrogens (tertiary/aromatic N) is 2. The molecule has 0 aromatic heterocycles. The molecule has 0 aliphatic rings. The van der Waals surface area contributed by atoms with Crippen molar-refractivity contribution in [1.82, 2.24) is 5.32 Å². The molecule has 1 aromatic carbocycles. The number of nitrogens with one attached hydrogen (secondary N) is 1. The predicted octanol–water partition coefficient (Wildman–Crippen LogP) is 2.40. The summed E-state index contributed by atoms with van der Waals surface area (Å²) in [6.07, 6.45) is 1.02. The summed E-state index contributed by atoms with van der Waals surface area (Å²) in [5.41, 5.74) is 1.07. The van der Waals surface area contributed by atoms with Crippen molar-refractivity contribution in [3.05, 3.63) is 32.8 Å². The van der Waals surface area contributed by atoms with Gasteiger partial charge in [-0.05, 0) is 42.0 Å². The first-order chi connectivity index (χ1) is 8.06. The molecule has 0 heterocycles. The van der Waals surface area contributed by atoms with Gasteiger partial charge in [0.2, 0.25) is 0 Å². The molecular formula is C11H16BrN3O2. The van der Waals surface area contributed by atoms with Crippen molar-refractivity contribution in [2.24, 2.45) is 0 Å². The summed E-state index contributed by atoms with van der Waals surface area (Å²) in [7, 11) is 3.89. The Morgan fingerprint density at radius 3 is 2.76 bits per heavy atom. The van der Waals surface area contributed by atoms with Crippen LogP contribution in [0.5, 0.6) is 0 Å². The van der Waals surface area contributed by atoms with Crippen molar-refractivity contribution in [3.8, 4) is 0 Å². The number of hydrogen-bond acceptors (Lipinski definition) is 4. The highest BCUT2D eigenvalue weighted by Gasteiger charge is 2.11. The first kappa shape index (κ1) is 13.9. The summed E-state index contributed by atoms with van der Waals surface area (Å²) in [6, 6.07) is 4.82. The summed E-state index contributed by atoms with van der Waals surface area (Å²) in [5.74, 6) is 0. The van der Waals surface area contributed by atoms with Crippen LogP contribution >= 0.6 is 15.9 Å². The van der Waals surface area contributed by atoms with Gasteiger partial charge in [0.1, 0.15) is 0 Å². The van der Waals surface area contributed by atoms with Crippen LogP contribution in [0.1, 0.15) is 6.42 Å². The Morgan fingerprint density at radius 1 is 1.53 bits per heavy atom. The summed E-state index contributed by atoms with van der Waals surface area (Å²) in [5, 5.41) is 13.7. The second kappa shape index (κ2) is 6.56. The lowest BCUT2D eigenvalue weighted by molar-refractivity contribution is -0.384. The van der Waals surface area contributed by atoms with E-state index < -0.39 is 4.92 Å². The minimum Gasteiger partial charge on any atom is -0.374 e. The molecule has 0 saturated heterocycles. The molecular weight excluding hydrogens is 286 g/mol. The lowest BCUT2D eigenvalue weighted by Gasteiger charge is -2.20. The van der Waals surface area contributed by atoms with E-state index >= 15 is 0 Å². The number of anilines is 1. The first-order valence-electron chi connectivity index (χ1n) is 5.36. The van der Waals surface area contributed by atoms with Crippen molar-refractivity contribution in [2.45, 2.75) is 6.42 Å². The highest BCUT2D eigenvalue weighted by atomic mass is 79.9. The Hall–Kier alpha value is -1.14. The Balaban J connectivity index is 2.74. The zero-order valence-corrected chi connectivity index (χ0v) is 11.5. The molecule has 1 rings (SSSR count). The lowest BCUT2D eigenvalue weighted by atomic mass is 10.2. The van der Waals surface area contributed by atoms with Crippen molar-refractivity contribution in [2.75, 3.05) is 32.1 Å². The van der Waals surface area contributed by atoms with Crippen LogP contribution in [0.4, 0.5) is 11.4 Å². The van der Waals surface area contributed by atoms with Gasteiger partial charge in [0.05, 0.1) is 10.6 Å². The number of non-ortho nitro benzene ring substituents is 1. The van der Waals surface area contributed by atoms with E-state index in [0.29, 0.717) is 0 Å². The third-order valence-electron chi connectivity index (χ3n) is 2.47. The van der Waals surface area contributed by atoms with Crippen molar-refractivity contribution in [3.63, 3.8) is 0 Å². The smallest absolute Gasteiger partial charge is 0.270 e. The Morgan fingerprint density at radius 2 is 2.24 bits per heavy atom. The average molecular weight is 302 g/mol. The van der Waals surface area contributed by atoms with Gasteiger partial charge in [-0.2, -0.15) is 0 Å². The molecule has 0 aliphatic carbocycles. The number of hydrogen-bond donors (Lipinski definition) is 1. The zero-order chi connectivity index (χ0) is 12.8. The molecule has 94 valence electrons. The zero-order valence-electron chi connectivity index (χ0n) is 9.94. The third kappa shape index (κ3) is 3.98. The SMILES string of the molecule is CNCCCN(C)c1ccc([N+](=O)[O-])cc1Br. The lowest BCUT2D eigenvalue weighted by Crippen LogP contribution is -2.22. The maximum atomic E-state index is 10.6. The minimum atomic E-state index is -0.393. The minimum absolute atomic E-state index is 0.101. The van der Waals surface area contributed by atoms with Gasteiger partial charge in [-0.1, -0.05) is 0 Å². The van der Waals surface area contributed by atoms with Crippen LogP contribution in [0.15, 0.2) is 22.7 Å². The Kier molecular flexibility index (Phi) is 5.37. The molecule has 0 atom stereocenters. The van der Waals surface area contributed by atoms with Crippen LogP contribution in [-0.4, -0.2) is 32.1 Å². The maximum Gasteiger partial charge on any atom is 0.270 e. The molecule has 0 unspecified atom stereocenters. The molecule has 6 heteroatoms. The molecule has 1 N–H and O–H groups in total. The van der Waals surface area contributed by atoms with E-state index in [-0.39, 0.29) is 5.69 Å². The van der Waals surface area contributed by atoms with Gasteiger partial charge in [0.15, 0.2) is 0 Å². The fourth-order valence-corrected chi connectivity index (χ4v) is 2.20. The van der Waals surface area contributed by atoms with Crippen LogP contribution in [0.25, 0.3) is 0 Å². The van der Waals surface area contributed by atoms with E-state index in [1.54, 1.807) is 6.07 Å². The van der Waals surface area contributed by atoms with Gasteiger partial charge in [-0.3, -0.25) is 10.1 Å². The normalized spacial score (nSPS) is 10.3. The van der Waals surface area contributed by atoms with Crippen LogP contribution in [0, 0.1) is 10.1 Å². The monoisotopic (exact) mass is 301 g/mol. The number of halogens is 1. The quantitative estimate of drug-likeness (QED) is 0.498. The molecule has 17 heavy (non-hydrogen) atoms. The predicted molar refractivity (Wildman–Crippen MR) is 72.6 cm³/mol. The fraction of sp³-hybridized carbons (Fsp3) is 0.455. The standard InChI is InChI=1S/C11H16BrN3O2/c1-13-6-3-7-14(2)11-5-4-9(15(16)17)8-10(11)12/h4-5,8,13H,3,6-7H2,1-2H3. The van der Waals surface area contributed by atoms with E-state index in [1.165, 1.54) is 12.1 Å². The summed E-state index contributed by atoms with van der Waals surface area (Å²) in [4.78, 5) is 12.3. The van der Waals surface area contributed by atoms with Crippen molar-refractivity contribution in [1.29, 1.82) is 0 Å². The van der Waals surface area contributed by atoms with Crippen LogP contribution in [0.3, 0.4) is 0 Å². The van der Waals surface area contributed by atoms with E-state index in [1.807, 2.05) is 14.1 Å². The molecule has 0 spiro atoms. The molecule has 5 nitrogen and oxygen atoms in total. The number of nitro benzene ring substituents is 1. The second-order valence-electron chi connectivity index (χ2n) is 3.77. The maximum absolute atomic E-state index is 10.6. The Labute approximate surface area is 109 Å². The van der Waals surface area contributed by atoms with E-state index in [9.17, 15) is 10.1 Å². The molecule has 0 amide bonds. The highest BCUT2D eigenvalue weighted by molar-refractivity contribution is 9.10. The van der Waals surface area contributed by atoms with Gasteiger partial charge < -0.3 is 10.2 Å². The highest BCUT2D eigenvalue weighted by Crippen LogP contribution is 2.29. The third-order valence-corrected chi connectivity index (χ3v) is 3.11. The van der Waals surface area contributed by atoms with E-state index in [4.69, 9.17) is 0 Å². The van der Waals surface area contributed by atoms with Crippen LogP contribution in [-0.2, 0) is 0 Å². The number of benzene rings is 1. The van der Waals surface area contributed by atoms with Gasteiger partial charge in [0, 0.05) is 30.2 Å². The van der Waals surface area contributed by atoms with E-state index in [2.05, 4.69) is 26.1 Å². The Bertz CT molecular complexity index is 398. The van der Waals surface area contributed by atoms with Gasteiger partial charge in [-0.25, -0.2) is 0 Å². The van der Waals surface area contributed by atoms with Crippen LogP contribution in [0.2, 0.25) is 0 Å².